The Morgan fingerprint density at radius 3 is 1.33 bits per heavy atom. The van der Waals surface area contributed by atoms with Crippen LogP contribution in [0, 0.1) is 39.0 Å². The maximum Gasteiger partial charge on any atom is 0.336 e. The van der Waals surface area contributed by atoms with Crippen molar-refractivity contribution < 1.29 is 110 Å². The van der Waals surface area contributed by atoms with Crippen LogP contribution >= 0.6 is 23.5 Å². The van der Waals surface area contributed by atoms with Gasteiger partial charge in [0.2, 0.25) is 13.6 Å². The second-order valence-corrected chi connectivity index (χ2v) is 36.6. The zero-order valence-corrected chi connectivity index (χ0v) is 74.7. The van der Waals surface area contributed by atoms with E-state index in [2.05, 4.69) is 31.4 Å². The lowest BCUT2D eigenvalue weighted by atomic mass is 9.71. The molecule has 14 atom stereocenters. The fourth-order valence-electron chi connectivity index (χ4n) is 22.1. The summed E-state index contributed by atoms with van der Waals surface area (Å²) in [6.45, 7) is 10.3. The van der Waals surface area contributed by atoms with Crippen LogP contribution in [0.15, 0.2) is 109 Å². The predicted octanol–water partition coefficient (Wildman–Crippen LogP) is 13.1. The number of piperazine rings is 2. The molecule has 0 saturated carbocycles. The minimum absolute atomic E-state index is 0. The molecule has 8 aromatic rings. The van der Waals surface area contributed by atoms with Gasteiger partial charge in [0, 0.05) is 113 Å². The first kappa shape index (κ1) is 93.2. The van der Waals surface area contributed by atoms with Gasteiger partial charge in [-0.15, -0.1) is 23.5 Å². The smallest absolute Gasteiger partial charge is 0.336 e. The fourth-order valence-corrected chi connectivity index (χ4v) is 25.4. The monoisotopic (exact) mass is 1840 g/mol. The summed E-state index contributed by atoms with van der Waals surface area (Å²) in [6, 6.07) is 27.2. The van der Waals surface area contributed by atoms with Crippen LogP contribution in [-0.4, -0.2) is 201 Å². The van der Waals surface area contributed by atoms with Crippen LogP contribution in [-0.2, 0) is 75.0 Å². The van der Waals surface area contributed by atoms with E-state index in [1.54, 1.807) is 36.4 Å². The average molecular weight is 1840 g/mol. The maximum atomic E-state index is 15.1. The summed E-state index contributed by atoms with van der Waals surface area (Å²) in [4.78, 5) is 91.0. The maximum absolute atomic E-state index is 15.1. The lowest BCUT2D eigenvalue weighted by Crippen LogP contribution is -2.70. The number of benzene rings is 8. The number of nitrogens with one attached hydrogen (secondary N) is 2. The molecule has 30 nitrogen and oxygen atoms in total. The third-order valence-electron chi connectivity index (χ3n) is 27.5. The van der Waals surface area contributed by atoms with E-state index in [-0.39, 0.29) is 101 Å². The van der Waals surface area contributed by atoms with Crippen LogP contribution < -0.4 is 67.5 Å². The van der Waals surface area contributed by atoms with Crippen LogP contribution in [0.2, 0.25) is 0 Å². The number of methoxy groups -OCH3 is 4. The molecule has 0 radical (unpaired) electrons. The number of aliphatic hydroxyl groups excluding tert-OH is 1. The first-order chi connectivity index (χ1) is 62.3. The highest BCUT2D eigenvalue weighted by Crippen LogP contribution is 2.68. The molecular weight excluding hydrogens is 1730 g/mol. The van der Waals surface area contributed by atoms with Gasteiger partial charge in [0.05, 0.1) is 75.2 Å². The molecule has 4 saturated heterocycles. The number of carbonyl (C=O) groups is 6. The van der Waals surface area contributed by atoms with Gasteiger partial charge >= 0.3 is 35.8 Å². The molecule has 0 aliphatic carbocycles. The van der Waals surface area contributed by atoms with Crippen LogP contribution in [0.5, 0.6) is 80.5 Å². The Hall–Kier alpha value is -12.0. The zero-order chi connectivity index (χ0) is 90.2. The zero-order valence-electron chi connectivity index (χ0n) is 73.0. The molecule has 4 fully saturated rings. The summed E-state index contributed by atoms with van der Waals surface area (Å²) in [6.07, 6.45) is 6.87. The number of aromatic hydroxyl groups is 2. The topological polar surface area (TPSA) is 353 Å². The molecule has 14 aliphatic rings. The first-order valence-corrected chi connectivity index (χ1v) is 44.9. The molecule has 0 aromatic heterocycles. The van der Waals surface area contributed by atoms with E-state index in [1.165, 1.54) is 78.0 Å². The Balaban J connectivity index is 0.000000188. The van der Waals surface area contributed by atoms with Gasteiger partial charge in [-0.2, -0.15) is 5.26 Å². The SMILES string of the molecule is C.C.C.COc1cc2c(cc1OC(=O)/C=C/c1ccccc1)CCN[C@]21CS[C@@H]2c3c(OC(C)=O)c(C)c4c(c3[C@H](COC1=O)N1C2[C@H]2c3c(cc(C)c(OC)c3O)C[C@@H]([C@@H]1C#N)N2C)OCO4.COc1cc2c(cc1OC(=O)/C=C/c1ccccc1)CCN[C@]21CS[C@@H]2c3c(OC(C)=O)c(C)c4c(c3[C@H](COC1=O)N1C2[C@H]2c3c(cc(C)c(OC)c3O)C[C@@H]([C@@H]1O)N2C)OCO4. The summed E-state index contributed by atoms with van der Waals surface area (Å²) in [5, 5.41) is 54.1. The van der Waals surface area contributed by atoms with E-state index in [1.807, 2.05) is 119 Å². The summed E-state index contributed by atoms with van der Waals surface area (Å²) < 4.78 is 84.9. The van der Waals surface area contributed by atoms with Gasteiger partial charge in [0.15, 0.2) is 80.1 Å². The number of phenolic OH excluding ortho intramolecular Hbond substituents is 2. The lowest BCUT2D eigenvalue weighted by Gasteiger charge is -2.62. The molecule has 32 heteroatoms. The van der Waals surface area contributed by atoms with Crippen molar-refractivity contribution in [3.05, 3.63) is 209 Å². The number of fused-ring (bicyclic) bond motifs is 18. The number of esters is 6. The number of hydrogen-bond donors (Lipinski definition) is 5. The number of phenols is 2. The van der Waals surface area contributed by atoms with E-state index >= 15 is 9.59 Å². The van der Waals surface area contributed by atoms with Gasteiger partial charge in [-0.25, -0.2) is 19.2 Å². The number of aliphatic hydroxyl groups is 1. The number of hydrogen-bond acceptors (Lipinski definition) is 32. The summed E-state index contributed by atoms with van der Waals surface area (Å²) in [5.74, 6) is 0.865. The number of nitrogens with zero attached hydrogens (tertiary/aromatic N) is 5. The average Bonchev–Trinajstić information content (AvgIpc) is 0.968. The molecule has 8 bridgehead atoms. The number of ether oxygens (including phenoxy) is 14. The highest BCUT2D eigenvalue weighted by molar-refractivity contribution is 7.99. The normalized spacial score (nSPS) is 25.8. The Labute approximate surface area is 774 Å². The van der Waals surface area contributed by atoms with Crippen molar-refractivity contribution in [2.24, 2.45) is 0 Å². The Bertz CT molecular complexity index is 6110. The van der Waals surface area contributed by atoms with Crippen molar-refractivity contribution in [2.75, 3.05) is 93.9 Å². The first-order valence-electron chi connectivity index (χ1n) is 42.8. The summed E-state index contributed by atoms with van der Waals surface area (Å²) in [5.41, 5.74) is 9.94. The third kappa shape index (κ3) is 15.0. The van der Waals surface area contributed by atoms with Gasteiger partial charge < -0.3 is 81.6 Å². The van der Waals surface area contributed by atoms with E-state index in [0.29, 0.717) is 140 Å². The van der Waals surface area contributed by atoms with Gasteiger partial charge in [0.1, 0.15) is 37.0 Å². The number of nitriles is 1. The standard InChI is InChI=1S/C49H48N4O11S.C48H49N3O12S.3CH4/c1-24-16-29-17-31-32(20-50)53-33-21-60-48(57)49(30-19-34(58-5)35(18-28(30)14-15-51-49)64-36(55)13-12-27-10-8-7-9-11-27)22-65-47(41(53)40(52(31)4)37(29)42(56)43(24)59-6)39-38(33)46-45(61-23-62-46)25(2)44(39)63-26(3)54;1-23-16-28-17-30-46(55)51-31-20-59-47(56)48(29-19-32(57-5)33(18-27(29)14-15-49-48)63-34(53)13-12-26-10-8-7-9-11-26)21-64-45(39(51)38(50(30)4)35(28)40(54)41(23)58-6)37-36(31)44-43(60-22-61-44)24(2)42(37)62-25(3)52;;;/h7-13,16,18-19,31-33,40-41,47,51,56H,14-15,17,21-23H2,1-6H3;7-13,16,18-19,30-31,38-39,45-46,49,54-55H,14-15,17,20-22H2,1-6H3;3*1H4/b2*13-12+;;;/t31-,32-,33-,40+,41?,47+,49+;30-,31-,38+,39?,45+,46-,48+;;;/m00.../s1. The second kappa shape index (κ2) is 36.5. The van der Waals surface area contributed by atoms with E-state index in [4.69, 9.17) is 66.3 Å². The van der Waals surface area contributed by atoms with Gasteiger partial charge in [-0.05, 0) is 160 Å². The molecule has 0 amide bonds. The summed E-state index contributed by atoms with van der Waals surface area (Å²) in [7, 11) is 9.95. The van der Waals surface area contributed by atoms with Crippen molar-refractivity contribution in [2.45, 2.75) is 172 Å². The minimum Gasteiger partial charge on any atom is -0.504 e. The predicted molar refractivity (Wildman–Crippen MR) is 492 cm³/mol. The molecule has 694 valence electrons. The van der Waals surface area contributed by atoms with Gasteiger partial charge in [-0.3, -0.25) is 39.8 Å². The highest BCUT2D eigenvalue weighted by atomic mass is 32.2. The number of carbonyl (C=O) groups excluding carboxylic acids is 6. The number of likely N-dealkylation sites (N-methyl/N-ethyl adjacent to an activating group) is 2. The van der Waals surface area contributed by atoms with Crippen molar-refractivity contribution in [3.63, 3.8) is 0 Å². The van der Waals surface area contributed by atoms with Crippen LogP contribution in [0.4, 0.5) is 0 Å². The fraction of sp³-hybridized carbons (Fsp3) is 0.410. The molecule has 14 heterocycles. The van der Waals surface area contributed by atoms with E-state index in [0.717, 1.165) is 44.5 Å². The summed E-state index contributed by atoms with van der Waals surface area (Å²) >= 11 is 2.91. The quantitative estimate of drug-likeness (QED) is 0.0431. The van der Waals surface area contributed by atoms with Gasteiger partial charge in [0.25, 0.3) is 0 Å². The van der Waals surface area contributed by atoms with Crippen LogP contribution in [0.1, 0.15) is 171 Å². The largest absolute Gasteiger partial charge is 0.504 e. The highest BCUT2D eigenvalue weighted by Gasteiger charge is 2.65. The molecule has 14 aliphatic heterocycles. The Kier molecular flexibility index (Phi) is 25.8. The van der Waals surface area contributed by atoms with E-state index in [9.17, 15) is 39.8 Å². The lowest BCUT2D eigenvalue weighted by molar-refractivity contribution is -0.186. The molecular formula is C100H109N7O23S2. The number of thioether (sulfide) groups is 2. The van der Waals surface area contributed by atoms with Crippen molar-refractivity contribution >= 4 is 71.5 Å². The van der Waals surface area contributed by atoms with Crippen molar-refractivity contribution in [1.29, 1.82) is 5.26 Å². The second-order valence-electron chi connectivity index (χ2n) is 34.3. The van der Waals surface area contributed by atoms with Crippen molar-refractivity contribution in [1.82, 2.24) is 30.2 Å². The van der Waals surface area contributed by atoms with Crippen molar-refractivity contribution in [3.8, 4) is 86.6 Å². The molecule has 2 spiro atoms. The third-order valence-corrected chi connectivity index (χ3v) is 30.5. The molecule has 22 rings (SSSR count). The minimum atomic E-state index is -1.44. The molecule has 8 aromatic carbocycles. The Morgan fingerprint density at radius 2 is 0.917 bits per heavy atom. The van der Waals surface area contributed by atoms with E-state index < -0.39 is 112 Å². The molecule has 132 heavy (non-hydrogen) atoms. The van der Waals surface area contributed by atoms with Crippen LogP contribution in [0.3, 0.4) is 0 Å². The Morgan fingerprint density at radius 1 is 0.508 bits per heavy atom. The van der Waals surface area contributed by atoms with Crippen LogP contribution in [0.25, 0.3) is 12.2 Å². The molecule has 2 unspecified atom stereocenters. The number of rotatable bonds is 12. The van der Waals surface area contributed by atoms with Gasteiger partial charge in [-0.1, -0.05) is 95.1 Å². The number of aryl methyl sites for hydroxylation is 2. The molecule has 5 N–H and O–H groups in total.